The number of nitrogens with zero attached hydrogens (tertiary/aromatic N) is 3. The molecule has 0 aliphatic carbocycles. The SMILES string of the molecule is Cc1ccc(-c2cnn(-c3ccc(C(=O)NCC4CCOCC4)cn3)c2O)cc1F. The molecule has 0 bridgehead atoms. The highest BCUT2D eigenvalue weighted by molar-refractivity contribution is 5.93. The van der Waals surface area contributed by atoms with E-state index in [0.717, 1.165) is 26.1 Å². The molecule has 0 atom stereocenters. The first-order chi connectivity index (χ1) is 14.5. The van der Waals surface area contributed by atoms with Crippen molar-refractivity contribution in [1.29, 1.82) is 0 Å². The van der Waals surface area contributed by atoms with Crippen LogP contribution in [0.2, 0.25) is 0 Å². The van der Waals surface area contributed by atoms with Crippen molar-refractivity contribution in [2.45, 2.75) is 19.8 Å². The fourth-order valence-electron chi connectivity index (χ4n) is 3.41. The minimum absolute atomic E-state index is 0.150. The van der Waals surface area contributed by atoms with Gasteiger partial charge < -0.3 is 15.2 Å². The van der Waals surface area contributed by atoms with Crippen molar-refractivity contribution in [2.75, 3.05) is 19.8 Å². The normalized spacial score (nSPS) is 14.6. The van der Waals surface area contributed by atoms with Crippen LogP contribution in [0.4, 0.5) is 4.39 Å². The number of rotatable bonds is 5. The molecule has 1 amide bonds. The van der Waals surface area contributed by atoms with E-state index in [4.69, 9.17) is 4.74 Å². The summed E-state index contributed by atoms with van der Waals surface area (Å²) >= 11 is 0. The smallest absolute Gasteiger partial charge is 0.252 e. The number of nitrogens with one attached hydrogen (secondary N) is 1. The van der Waals surface area contributed by atoms with Crippen LogP contribution in [-0.2, 0) is 4.74 Å². The summed E-state index contributed by atoms with van der Waals surface area (Å²) in [4.78, 5) is 16.6. The Balaban J connectivity index is 1.47. The Morgan fingerprint density at radius 1 is 1.27 bits per heavy atom. The van der Waals surface area contributed by atoms with E-state index in [1.165, 1.54) is 23.1 Å². The Hall–Kier alpha value is -3.26. The summed E-state index contributed by atoms with van der Waals surface area (Å²) in [6.07, 6.45) is 4.79. The third-order valence-electron chi connectivity index (χ3n) is 5.35. The number of amides is 1. The minimum atomic E-state index is -0.353. The molecule has 0 radical (unpaired) electrons. The number of hydrogen-bond donors (Lipinski definition) is 2. The number of carbonyl (C=O) groups excluding carboxylic acids is 1. The van der Waals surface area contributed by atoms with Gasteiger partial charge in [0.1, 0.15) is 5.82 Å². The average Bonchev–Trinajstić information content (AvgIpc) is 3.16. The Bertz CT molecular complexity index is 1040. The van der Waals surface area contributed by atoms with Crippen molar-refractivity contribution in [3.05, 3.63) is 59.7 Å². The van der Waals surface area contributed by atoms with Gasteiger partial charge >= 0.3 is 0 Å². The first-order valence-electron chi connectivity index (χ1n) is 9.89. The van der Waals surface area contributed by atoms with Crippen molar-refractivity contribution in [2.24, 2.45) is 5.92 Å². The number of ether oxygens (including phenoxy) is 1. The van der Waals surface area contributed by atoms with Crippen LogP contribution in [0.25, 0.3) is 16.9 Å². The van der Waals surface area contributed by atoms with Gasteiger partial charge in [0.05, 0.1) is 17.3 Å². The van der Waals surface area contributed by atoms with Gasteiger partial charge in [-0.15, -0.1) is 0 Å². The number of hydrogen-bond acceptors (Lipinski definition) is 5. The molecule has 0 unspecified atom stereocenters. The molecule has 156 valence electrons. The lowest BCUT2D eigenvalue weighted by atomic mass is 10.0. The fraction of sp³-hybridized carbons (Fsp3) is 0.318. The number of halogens is 1. The molecule has 8 heteroatoms. The Morgan fingerprint density at radius 3 is 2.77 bits per heavy atom. The van der Waals surface area contributed by atoms with Gasteiger partial charge in [0, 0.05) is 26.0 Å². The Kier molecular flexibility index (Phi) is 5.76. The Morgan fingerprint density at radius 2 is 2.07 bits per heavy atom. The van der Waals surface area contributed by atoms with Crippen molar-refractivity contribution in [3.8, 4) is 22.8 Å². The lowest BCUT2D eigenvalue weighted by Gasteiger charge is -2.22. The number of aryl methyl sites for hydroxylation is 1. The molecule has 3 heterocycles. The second-order valence-electron chi connectivity index (χ2n) is 7.43. The van der Waals surface area contributed by atoms with Gasteiger partial charge in [-0.3, -0.25) is 4.79 Å². The summed E-state index contributed by atoms with van der Waals surface area (Å²) in [6.45, 7) is 3.76. The molecule has 7 nitrogen and oxygen atoms in total. The highest BCUT2D eigenvalue weighted by atomic mass is 19.1. The predicted molar refractivity (Wildman–Crippen MR) is 109 cm³/mol. The van der Waals surface area contributed by atoms with Gasteiger partial charge in [-0.05, 0) is 55.0 Å². The molecule has 0 spiro atoms. The fourth-order valence-corrected chi connectivity index (χ4v) is 3.41. The zero-order chi connectivity index (χ0) is 21.1. The standard InChI is InChI=1S/C22H23FN4O3/c1-14-2-3-16(10-19(14)23)18-13-26-27(22(18)29)20-5-4-17(12-24-20)21(28)25-11-15-6-8-30-9-7-15/h2-5,10,12-13,15,29H,6-9,11H2,1H3,(H,25,28). The first kappa shape index (κ1) is 20.0. The molecule has 3 aromatic rings. The molecule has 1 fully saturated rings. The minimum Gasteiger partial charge on any atom is -0.493 e. The van der Waals surface area contributed by atoms with Crippen LogP contribution in [0, 0.1) is 18.7 Å². The lowest BCUT2D eigenvalue weighted by molar-refractivity contribution is 0.0642. The molecule has 2 N–H and O–H groups in total. The van der Waals surface area contributed by atoms with Gasteiger partial charge in [0.25, 0.3) is 5.91 Å². The van der Waals surface area contributed by atoms with E-state index in [2.05, 4.69) is 15.4 Å². The van der Waals surface area contributed by atoms with Crippen LogP contribution in [0.15, 0.2) is 42.7 Å². The summed E-state index contributed by atoms with van der Waals surface area (Å²) in [5.41, 5.74) is 1.87. The first-order valence-corrected chi connectivity index (χ1v) is 9.89. The van der Waals surface area contributed by atoms with Gasteiger partial charge in [0.2, 0.25) is 5.88 Å². The maximum absolute atomic E-state index is 13.9. The molecular formula is C22H23FN4O3. The Labute approximate surface area is 173 Å². The van der Waals surface area contributed by atoms with E-state index in [0.29, 0.717) is 40.5 Å². The van der Waals surface area contributed by atoms with Crippen molar-refractivity contribution >= 4 is 5.91 Å². The van der Waals surface area contributed by atoms with Gasteiger partial charge in [-0.2, -0.15) is 9.78 Å². The number of carbonyl (C=O) groups is 1. The molecule has 30 heavy (non-hydrogen) atoms. The number of benzene rings is 1. The molecule has 4 rings (SSSR count). The van der Waals surface area contributed by atoms with E-state index in [1.54, 1.807) is 31.2 Å². The molecule has 1 aromatic carbocycles. The average molecular weight is 410 g/mol. The summed E-state index contributed by atoms with van der Waals surface area (Å²) in [6, 6.07) is 7.96. The van der Waals surface area contributed by atoms with Gasteiger partial charge in [-0.1, -0.05) is 12.1 Å². The van der Waals surface area contributed by atoms with Crippen molar-refractivity contribution < 1.29 is 19.0 Å². The van der Waals surface area contributed by atoms with Gasteiger partial charge in [0.15, 0.2) is 5.82 Å². The van der Waals surface area contributed by atoms with Crippen LogP contribution < -0.4 is 5.32 Å². The maximum atomic E-state index is 13.9. The van der Waals surface area contributed by atoms with Crippen LogP contribution in [0.5, 0.6) is 5.88 Å². The zero-order valence-electron chi connectivity index (χ0n) is 16.6. The lowest BCUT2D eigenvalue weighted by Crippen LogP contribution is -2.32. The van der Waals surface area contributed by atoms with E-state index in [-0.39, 0.29) is 17.6 Å². The summed E-state index contributed by atoms with van der Waals surface area (Å²) in [7, 11) is 0. The highest BCUT2D eigenvalue weighted by Crippen LogP contribution is 2.31. The summed E-state index contributed by atoms with van der Waals surface area (Å²) in [5, 5.41) is 17.6. The van der Waals surface area contributed by atoms with E-state index in [1.807, 2.05) is 0 Å². The van der Waals surface area contributed by atoms with Crippen LogP contribution in [0.1, 0.15) is 28.8 Å². The van der Waals surface area contributed by atoms with Crippen molar-refractivity contribution in [3.63, 3.8) is 0 Å². The monoisotopic (exact) mass is 410 g/mol. The highest BCUT2D eigenvalue weighted by Gasteiger charge is 2.17. The van der Waals surface area contributed by atoms with E-state index in [9.17, 15) is 14.3 Å². The second-order valence-corrected chi connectivity index (χ2v) is 7.43. The molecule has 1 saturated heterocycles. The summed E-state index contributed by atoms with van der Waals surface area (Å²) < 4.78 is 20.4. The number of pyridine rings is 1. The second kappa shape index (κ2) is 8.62. The third kappa shape index (κ3) is 4.18. The zero-order valence-corrected chi connectivity index (χ0v) is 16.6. The largest absolute Gasteiger partial charge is 0.493 e. The van der Waals surface area contributed by atoms with Gasteiger partial charge in [-0.25, -0.2) is 9.37 Å². The van der Waals surface area contributed by atoms with Crippen LogP contribution >= 0.6 is 0 Å². The third-order valence-corrected chi connectivity index (χ3v) is 5.35. The summed E-state index contributed by atoms with van der Waals surface area (Å²) in [5.74, 6) is 0.0886. The number of aromatic nitrogens is 3. The predicted octanol–water partition coefficient (Wildman–Crippen LogP) is 3.24. The molecular weight excluding hydrogens is 387 g/mol. The topological polar surface area (TPSA) is 89.3 Å². The molecule has 1 aliphatic rings. The molecule has 1 aliphatic heterocycles. The quantitative estimate of drug-likeness (QED) is 0.674. The molecule has 2 aromatic heterocycles. The maximum Gasteiger partial charge on any atom is 0.252 e. The van der Waals surface area contributed by atoms with E-state index >= 15 is 0 Å². The van der Waals surface area contributed by atoms with Crippen molar-refractivity contribution in [1.82, 2.24) is 20.1 Å². The molecule has 0 saturated carbocycles. The van der Waals surface area contributed by atoms with Crippen LogP contribution in [-0.4, -0.2) is 45.5 Å². The van der Waals surface area contributed by atoms with E-state index < -0.39 is 0 Å². The van der Waals surface area contributed by atoms with Crippen LogP contribution in [0.3, 0.4) is 0 Å². The number of aromatic hydroxyl groups is 1.